The number of aromatic nitrogens is 2. The van der Waals surface area contributed by atoms with Crippen molar-refractivity contribution in [2.24, 2.45) is 0 Å². The molecule has 5 heteroatoms. The van der Waals surface area contributed by atoms with Gasteiger partial charge < -0.3 is 10.5 Å². The van der Waals surface area contributed by atoms with Crippen molar-refractivity contribution in [2.75, 3.05) is 12.3 Å². The zero-order valence-corrected chi connectivity index (χ0v) is 12.6. The normalized spacial score (nSPS) is 11.3. The van der Waals surface area contributed by atoms with Crippen molar-refractivity contribution in [3.05, 3.63) is 16.3 Å². The first kappa shape index (κ1) is 14.2. The van der Waals surface area contributed by atoms with Crippen LogP contribution < -0.4 is 5.73 Å². The zero-order valence-electron chi connectivity index (χ0n) is 11.8. The SMILES string of the molecule is CCCCCOCc1nc(N)c2c(C)c(C)sc2n1. The highest BCUT2D eigenvalue weighted by Gasteiger charge is 2.12. The summed E-state index contributed by atoms with van der Waals surface area (Å²) in [6, 6.07) is 0. The average Bonchev–Trinajstić information content (AvgIpc) is 2.65. The number of hydrogen-bond donors (Lipinski definition) is 1. The minimum absolute atomic E-state index is 0.444. The molecule has 0 bridgehead atoms. The zero-order chi connectivity index (χ0) is 13.8. The van der Waals surface area contributed by atoms with Crippen LogP contribution in [0.2, 0.25) is 0 Å². The minimum Gasteiger partial charge on any atom is -0.383 e. The highest BCUT2D eigenvalue weighted by atomic mass is 32.1. The molecule has 2 aromatic heterocycles. The minimum atomic E-state index is 0.444. The number of aryl methyl sites for hydroxylation is 2. The monoisotopic (exact) mass is 279 g/mol. The largest absolute Gasteiger partial charge is 0.383 e. The van der Waals surface area contributed by atoms with Crippen LogP contribution in [0.15, 0.2) is 0 Å². The van der Waals surface area contributed by atoms with E-state index in [-0.39, 0.29) is 0 Å². The van der Waals surface area contributed by atoms with Crippen molar-refractivity contribution in [3.63, 3.8) is 0 Å². The summed E-state index contributed by atoms with van der Waals surface area (Å²) in [4.78, 5) is 11.1. The summed E-state index contributed by atoms with van der Waals surface area (Å²) in [5.41, 5.74) is 7.21. The molecule has 0 amide bonds. The summed E-state index contributed by atoms with van der Waals surface area (Å²) >= 11 is 1.67. The Labute approximate surface area is 118 Å². The number of thiophene rings is 1. The quantitative estimate of drug-likeness (QED) is 0.821. The van der Waals surface area contributed by atoms with Gasteiger partial charge in [0.1, 0.15) is 17.3 Å². The van der Waals surface area contributed by atoms with Gasteiger partial charge in [0.05, 0.1) is 5.39 Å². The number of fused-ring (bicyclic) bond motifs is 1. The molecule has 4 nitrogen and oxygen atoms in total. The third kappa shape index (κ3) is 3.22. The van der Waals surface area contributed by atoms with Gasteiger partial charge in [-0.25, -0.2) is 9.97 Å². The Kier molecular flexibility index (Phi) is 4.71. The number of nitrogen functional groups attached to an aromatic ring is 1. The van der Waals surface area contributed by atoms with Crippen molar-refractivity contribution < 1.29 is 4.74 Å². The third-order valence-corrected chi connectivity index (χ3v) is 4.33. The van der Waals surface area contributed by atoms with E-state index >= 15 is 0 Å². The molecule has 0 aliphatic carbocycles. The molecule has 0 aliphatic rings. The predicted molar refractivity (Wildman–Crippen MR) is 80.5 cm³/mol. The number of nitrogens with two attached hydrogens (primary N) is 1. The van der Waals surface area contributed by atoms with E-state index in [4.69, 9.17) is 10.5 Å². The molecular weight excluding hydrogens is 258 g/mol. The van der Waals surface area contributed by atoms with E-state index in [1.807, 2.05) is 0 Å². The summed E-state index contributed by atoms with van der Waals surface area (Å²) in [5.74, 6) is 1.25. The fraction of sp³-hybridized carbons (Fsp3) is 0.571. The Hall–Kier alpha value is -1.20. The Balaban J connectivity index is 2.08. The standard InChI is InChI=1S/C14H21N3OS/c1-4-5-6-7-18-8-11-16-13(15)12-9(2)10(3)19-14(12)17-11/h4-8H2,1-3H3,(H2,15,16,17). The van der Waals surface area contributed by atoms with Gasteiger partial charge in [-0.1, -0.05) is 19.8 Å². The highest BCUT2D eigenvalue weighted by Crippen LogP contribution is 2.31. The van der Waals surface area contributed by atoms with Gasteiger partial charge in [0.2, 0.25) is 0 Å². The lowest BCUT2D eigenvalue weighted by molar-refractivity contribution is 0.112. The van der Waals surface area contributed by atoms with Crippen molar-refractivity contribution in [3.8, 4) is 0 Å². The molecule has 2 heterocycles. The molecule has 0 unspecified atom stereocenters. The Morgan fingerprint density at radius 3 is 2.74 bits per heavy atom. The lowest BCUT2D eigenvalue weighted by Gasteiger charge is -2.04. The second kappa shape index (κ2) is 6.30. The summed E-state index contributed by atoms with van der Waals surface area (Å²) in [6.45, 7) is 7.54. The molecule has 0 fully saturated rings. The van der Waals surface area contributed by atoms with E-state index in [0.717, 1.165) is 23.2 Å². The van der Waals surface area contributed by atoms with E-state index in [1.165, 1.54) is 23.3 Å². The molecule has 2 rings (SSSR count). The number of hydrogen-bond acceptors (Lipinski definition) is 5. The molecule has 0 spiro atoms. The van der Waals surface area contributed by atoms with Gasteiger partial charge in [-0.05, 0) is 25.8 Å². The third-order valence-electron chi connectivity index (χ3n) is 3.23. The molecule has 2 N–H and O–H groups in total. The molecule has 0 atom stereocenters. The topological polar surface area (TPSA) is 61.0 Å². The number of nitrogens with zero attached hydrogens (tertiary/aromatic N) is 2. The maximum absolute atomic E-state index is 6.02. The number of anilines is 1. The van der Waals surface area contributed by atoms with Crippen LogP contribution in [0.3, 0.4) is 0 Å². The Morgan fingerprint density at radius 2 is 2.00 bits per heavy atom. The smallest absolute Gasteiger partial charge is 0.158 e. The maximum Gasteiger partial charge on any atom is 0.158 e. The van der Waals surface area contributed by atoms with E-state index in [0.29, 0.717) is 18.2 Å². The molecule has 0 aromatic carbocycles. The lowest BCUT2D eigenvalue weighted by Crippen LogP contribution is -2.03. The Morgan fingerprint density at radius 1 is 1.21 bits per heavy atom. The first-order chi connectivity index (χ1) is 9.13. The molecule has 0 radical (unpaired) electrons. The van der Waals surface area contributed by atoms with Crippen LogP contribution in [-0.4, -0.2) is 16.6 Å². The second-order valence-electron chi connectivity index (χ2n) is 4.75. The first-order valence-electron chi connectivity index (χ1n) is 6.73. The maximum atomic E-state index is 6.02. The van der Waals surface area contributed by atoms with E-state index in [9.17, 15) is 0 Å². The van der Waals surface area contributed by atoms with Crippen molar-refractivity contribution in [2.45, 2.75) is 46.6 Å². The van der Waals surface area contributed by atoms with Crippen LogP contribution in [0.1, 0.15) is 42.5 Å². The first-order valence-corrected chi connectivity index (χ1v) is 7.55. The summed E-state index contributed by atoms with van der Waals surface area (Å²) in [6.07, 6.45) is 3.49. The van der Waals surface area contributed by atoms with Crippen molar-refractivity contribution in [1.29, 1.82) is 0 Å². The van der Waals surface area contributed by atoms with Gasteiger partial charge in [0.25, 0.3) is 0 Å². The van der Waals surface area contributed by atoms with Crippen LogP contribution in [0, 0.1) is 13.8 Å². The van der Waals surface area contributed by atoms with Crippen LogP contribution in [0.4, 0.5) is 5.82 Å². The van der Waals surface area contributed by atoms with Crippen molar-refractivity contribution in [1.82, 2.24) is 9.97 Å². The van der Waals surface area contributed by atoms with Gasteiger partial charge >= 0.3 is 0 Å². The molecule has 2 aromatic rings. The molecular formula is C14H21N3OS. The number of unbranched alkanes of at least 4 members (excludes halogenated alkanes) is 2. The fourth-order valence-corrected chi connectivity index (χ4v) is 3.06. The Bertz CT molecular complexity index is 565. The van der Waals surface area contributed by atoms with Gasteiger partial charge in [0, 0.05) is 11.5 Å². The lowest BCUT2D eigenvalue weighted by atomic mass is 10.2. The fourth-order valence-electron chi connectivity index (χ4n) is 2.01. The van der Waals surface area contributed by atoms with E-state index < -0.39 is 0 Å². The number of rotatable bonds is 6. The average molecular weight is 279 g/mol. The van der Waals surface area contributed by atoms with Crippen LogP contribution in [0.5, 0.6) is 0 Å². The van der Waals surface area contributed by atoms with Gasteiger partial charge in [-0.3, -0.25) is 0 Å². The van der Waals surface area contributed by atoms with Gasteiger partial charge in [0.15, 0.2) is 5.82 Å². The summed E-state index contributed by atoms with van der Waals surface area (Å²) in [5, 5.41) is 0.997. The molecule has 0 saturated heterocycles. The van der Waals surface area contributed by atoms with Gasteiger partial charge in [-0.2, -0.15) is 0 Å². The van der Waals surface area contributed by atoms with Crippen LogP contribution in [0.25, 0.3) is 10.2 Å². The number of ether oxygens (including phenoxy) is 1. The molecule has 19 heavy (non-hydrogen) atoms. The summed E-state index contributed by atoms with van der Waals surface area (Å²) < 4.78 is 5.59. The molecule has 0 saturated carbocycles. The van der Waals surface area contributed by atoms with Crippen LogP contribution >= 0.6 is 11.3 Å². The highest BCUT2D eigenvalue weighted by molar-refractivity contribution is 7.18. The molecule has 104 valence electrons. The van der Waals surface area contributed by atoms with E-state index in [1.54, 1.807) is 11.3 Å². The molecule has 0 aliphatic heterocycles. The van der Waals surface area contributed by atoms with E-state index in [2.05, 4.69) is 30.7 Å². The second-order valence-corrected chi connectivity index (χ2v) is 5.95. The van der Waals surface area contributed by atoms with Crippen LogP contribution in [-0.2, 0) is 11.3 Å². The predicted octanol–water partition coefficient (Wildman–Crippen LogP) is 3.60. The van der Waals surface area contributed by atoms with Crippen molar-refractivity contribution >= 4 is 27.4 Å². The summed E-state index contributed by atoms with van der Waals surface area (Å²) in [7, 11) is 0. The van der Waals surface area contributed by atoms with Gasteiger partial charge in [-0.15, -0.1) is 11.3 Å².